The number of unbranched alkanes of at least 4 members (excludes halogenated alkanes) is 17. The van der Waals surface area contributed by atoms with Gasteiger partial charge in [0.1, 0.15) is 13.2 Å². The van der Waals surface area contributed by atoms with Crippen LogP contribution >= 0.6 is 0 Å². The lowest BCUT2D eigenvalue weighted by atomic mass is 10.1. The summed E-state index contributed by atoms with van der Waals surface area (Å²) < 4.78 is 16.8. The summed E-state index contributed by atoms with van der Waals surface area (Å²) in [7, 11) is 0. The molecular weight excluding hydrogens is 949 g/mol. The van der Waals surface area contributed by atoms with Crippen LogP contribution in [0.3, 0.4) is 0 Å². The van der Waals surface area contributed by atoms with E-state index in [1.54, 1.807) is 0 Å². The van der Waals surface area contributed by atoms with Crippen LogP contribution in [0.15, 0.2) is 158 Å². The quantitative estimate of drug-likeness (QED) is 0.0261. The van der Waals surface area contributed by atoms with Crippen LogP contribution in [0.25, 0.3) is 0 Å². The van der Waals surface area contributed by atoms with Gasteiger partial charge >= 0.3 is 17.9 Å². The van der Waals surface area contributed by atoms with Crippen molar-refractivity contribution in [2.45, 2.75) is 258 Å². The highest BCUT2D eigenvalue weighted by atomic mass is 16.6. The normalized spacial score (nSPS) is 13.2. The molecule has 0 N–H and O–H groups in total. The van der Waals surface area contributed by atoms with E-state index >= 15 is 0 Å². The highest BCUT2D eigenvalue weighted by Crippen LogP contribution is 2.13. The summed E-state index contributed by atoms with van der Waals surface area (Å²) >= 11 is 0. The molecule has 0 amide bonds. The second kappa shape index (κ2) is 63.6. The van der Waals surface area contributed by atoms with Gasteiger partial charge in [0.2, 0.25) is 0 Å². The van der Waals surface area contributed by atoms with Crippen molar-refractivity contribution < 1.29 is 28.6 Å². The molecule has 0 aliphatic carbocycles. The van der Waals surface area contributed by atoms with Crippen molar-refractivity contribution in [2.24, 2.45) is 0 Å². The van der Waals surface area contributed by atoms with Gasteiger partial charge < -0.3 is 14.2 Å². The molecule has 0 heterocycles. The zero-order valence-electron chi connectivity index (χ0n) is 49.4. The zero-order valence-corrected chi connectivity index (χ0v) is 49.4. The highest BCUT2D eigenvalue weighted by Gasteiger charge is 2.19. The maximum atomic E-state index is 12.9. The number of carbonyl (C=O) groups is 3. The molecule has 1 unspecified atom stereocenters. The lowest BCUT2D eigenvalue weighted by molar-refractivity contribution is -0.167. The summed E-state index contributed by atoms with van der Waals surface area (Å²) in [6, 6.07) is 0. The lowest BCUT2D eigenvalue weighted by Gasteiger charge is -2.18. The van der Waals surface area contributed by atoms with Gasteiger partial charge in [0.05, 0.1) is 0 Å². The van der Waals surface area contributed by atoms with Gasteiger partial charge in [0.15, 0.2) is 6.10 Å². The predicted octanol–water partition coefficient (Wildman–Crippen LogP) is 21.3. The third-order valence-electron chi connectivity index (χ3n) is 12.5. The number of hydrogen-bond acceptors (Lipinski definition) is 6. The summed E-state index contributed by atoms with van der Waals surface area (Å²) in [4.78, 5) is 38.2. The van der Waals surface area contributed by atoms with E-state index in [9.17, 15) is 14.4 Å². The Morgan fingerprint density at radius 1 is 0.273 bits per heavy atom. The van der Waals surface area contributed by atoms with Crippen LogP contribution in [0.5, 0.6) is 0 Å². The van der Waals surface area contributed by atoms with Crippen molar-refractivity contribution in [3.8, 4) is 0 Å². The zero-order chi connectivity index (χ0) is 55.7. The summed E-state index contributed by atoms with van der Waals surface area (Å²) in [5.41, 5.74) is 0. The standard InChI is InChI=1S/C71H112O6/c1-4-7-10-13-16-19-22-25-27-29-30-31-32-33-34-35-36-37-38-39-40-42-43-46-49-52-55-58-61-64-70(73)76-67-68(66-75-69(72)63-60-57-54-51-48-45-24-21-18-15-12-9-6-3)77-71(74)65-62-59-56-53-50-47-44-41-28-26-23-20-17-14-11-8-5-2/h7-8,10-11,16-17,19-21,24-28,30-31,33-34,36-37,39-40,43-44,46-47,68H,4-6,9,12-15,18,22-23,29,32,35,38,41-42,45,48-67H2,1-3H3/b10-7-,11-8-,19-16-,20-17-,24-21-,27-25-,28-26-,31-30-,34-33-,37-36-,40-39-,46-43-,47-44-. The van der Waals surface area contributed by atoms with Gasteiger partial charge in [-0.25, -0.2) is 0 Å². The van der Waals surface area contributed by atoms with Crippen LogP contribution in [-0.4, -0.2) is 37.2 Å². The van der Waals surface area contributed by atoms with Crippen molar-refractivity contribution in [3.63, 3.8) is 0 Å². The summed E-state index contributed by atoms with van der Waals surface area (Å²) in [6.07, 6.45) is 92.4. The minimum absolute atomic E-state index is 0.107. The van der Waals surface area contributed by atoms with Crippen LogP contribution in [0.1, 0.15) is 252 Å². The van der Waals surface area contributed by atoms with Crippen LogP contribution in [0, 0.1) is 0 Å². The Morgan fingerprint density at radius 3 is 0.805 bits per heavy atom. The van der Waals surface area contributed by atoms with E-state index in [1.165, 1.54) is 38.5 Å². The summed E-state index contributed by atoms with van der Waals surface area (Å²) in [6.45, 7) is 6.34. The van der Waals surface area contributed by atoms with Crippen LogP contribution in [-0.2, 0) is 28.6 Å². The molecule has 1 atom stereocenters. The highest BCUT2D eigenvalue weighted by molar-refractivity contribution is 5.71. The average Bonchev–Trinajstić information content (AvgIpc) is 3.43. The first-order chi connectivity index (χ1) is 38.0. The first-order valence-corrected chi connectivity index (χ1v) is 31.0. The molecule has 0 fully saturated rings. The Morgan fingerprint density at radius 2 is 0.506 bits per heavy atom. The summed E-state index contributed by atoms with van der Waals surface area (Å²) in [5, 5.41) is 0. The maximum Gasteiger partial charge on any atom is 0.306 e. The molecule has 77 heavy (non-hydrogen) atoms. The van der Waals surface area contributed by atoms with E-state index in [2.05, 4.69) is 179 Å². The van der Waals surface area contributed by atoms with Crippen molar-refractivity contribution in [3.05, 3.63) is 158 Å². The molecule has 0 spiro atoms. The van der Waals surface area contributed by atoms with E-state index in [1.807, 2.05) is 0 Å². The van der Waals surface area contributed by atoms with E-state index < -0.39 is 6.10 Å². The molecule has 0 radical (unpaired) electrons. The number of rotatable bonds is 54. The van der Waals surface area contributed by atoms with Crippen molar-refractivity contribution in [2.75, 3.05) is 13.2 Å². The fourth-order valence-electron chi connectivity index (χ4n) is 7.91. The molecule has 0 aromatic carbocycles. The van der Waals surface area contributed by atoms with Crippen LogP contribution in [0.4, 0.5) is 0 Å². The molecule has 0 saturated heterocycles. The second-order valence-electron chi connectivity index (χ2n) is 19.8. The van der Waals surface area contributed by atoms with E-state index in [4.69, 9.17) is 14.2 Å². The largest absolute Gasteiger partial charge is 0.462 e. The van der Waals surface area contributed by atoms with E-state index in [-0.39, 0.29) is 37.5 Å². The lowest BCUT2D eigenvalue weighted by Crippen LogP contribution is -2.30. The Balaban J connectivity index is 4.44. The van der Waals surface area contributed by atoms with Gasteiger partial charge in [0, 0.05) is 19.3 Å². The van der Waals surface area contributed by atoms with Gasteiger partial charge in [-0.05, 0) is 148 Å². The van der Waals surface area contributed by atoms with Crippen molar-refractivity contribution in [1.29, 1.82) is 0 Å². The molecule has 6 nitrogen and oxygen atoms in total. The third kappa shape index (κ3) is 61.8. The van der Waals surface area contributed by atoms with E-state index in [0.717, 1.165) is 173 Å². The average molecular weight is 1060 g/mol. The second-order valence-corrected chi connectivity index (χ2v) is 19.8. The number of hydrogen-bond donors (Lipinski definition) is 0. The molecule has 0 aromatic rings. The van der Waals surface area contributed by atoms with Gasteiger partial charge in [-0.3, -0.25) is 14.4 Å². The first kappa shape index (κ1) is 72.0. The number of ether oxygens (including phenoxy) is 3. The molecule has 0 bridgehead atoms. The topological polar surface area (TPSA) is 78.9 Å². The number of allylic oxidation sites excluding steroid dienone is 26. The Kier molecular flexibility index (Phi) is 59.5. The maximum absolute atomic E-state index is 12.9. The first-order valence-electron chi connectivity index (χ1n) is 31.0. The van der Waals surface area contributed by atoms with Crippen molar-refractivity contribution in [1.82, 2.24) is 0 Å². The van der Waals surface area contributed by atoms with Gasteiger partial charge in [-0.2, -0.15) is 0 Å². The smallest absolute Gasteiger partial charge is 0.306 e. The fraction of sp³-hybridized carbons (Fsp3) is 0.592. The van der Waals surface area contributed by atoms with Crippen LogP contribution < -0.4 is 0 Å². The SMILES string of the molecule is CC/C=C\C/C=C\C/C=C\C/C=C\C/C=C\C/C=C\C/C=C\C/C=C\CCCCCCC(=O)OCC(COC(=O)CCCCCCC/C=C\CCCCCC)OC(=O)CCCCCC/C=C\C/C=C\C/C=C\C/C=C\CC. The fourth-order valence-corrected chi connectivity index (χ4v) is 7.91. The molecular formula is C71H112O6. The molecule has 6 heteroatoms. The van der Waals surface area contributed by atoms with E-state index in [0.29, 0.717) is 12.8 Å². The minimum atomic E-state index is -0.813. The number of carbonyl (C=O) groups excluding carboxylic acids is 3. The molecule has 0 aromatic heterocycles. The monoisotopic (exact) mass is 1060 g/mol. The minimum Gasteiger partial charge on any atom is -0.462 e. The molecule has 0 rings (SSSR count). The summed E-state index contributed by atoms with van der Waals surface area (Å²) in [5.74, 6) is -0.970. The Hall–Kier alpha value is -4.97. The van der Waals surface area contributed by atoms with Crippen LogP contribution in [0.2, 0.25) is 0 Å². The molecule has 0 aliphatic heterocycles. The molecule has 0 saturated carbocycles. The Bertz CT molecular complexity index is 1740. The molecule has 0 aliphatic rings. The van der Waals surface area contributed by atoms with Gasteiger partial charge in [-0.15, -0.1) is 0 Å². The third-order valence-corrected chi connectivity index (χ3v) is 12.5. The Labute approximate surface area is 473 Å². The van der Waals surface area contributed by atoms with Crippen molar-refractivity contribution >= 4 is 17.9 Å². The van der Waals surface area contributed by atoms with Gasteiger partial charge in [-0.1, -0.05) is 243 Å². The number of esters is 3. The predicted molar refractivity (Wildman–Crippen MR) is 334 cm³/mol. The molecule has 432 valence electrons. The van der Waals surface area contributed by atoms with Gasteiger partial charge in [0.25, 0.3) is 0 Å².